The smallest absolute Gasteiger partial charge is 0.336 e. The average molecular weight is 412 g/mol. The van der Waals surface area contributed by atoms with E-state index in [1.807, 2.05) is 0 Å². The van der Waals surface area contributed by atoms with Gasteiger partial charge in [-0.25, -0.2) is 9.59 Å². The second kappa shape index (κ2) is 8.06. The van der Waals surface area contributed by atoms with Crippen molar-refractivity contribution in [2.24, 2.45) is 0 Å². The topological polar surface area (TPSA) is 94.1 Å². The average Bonchev–Trinajstić information content (AvgIpc) is 2.63. The molecule has 25 heavy (non-hydrogen) atoms. The van der Waals surface area contributed by atoms with Crippen molar-refractivity contribution in [2.45, 2.75) is 12.8 Å². The molecular weight excluding hydrogens is 394 g/mol. The van der Waals surface area contributed by atoms with Crippen LogP contribution in [0, 0.1) is 0 Å². The third-order valence-corrected chi connectivity index (χ3v) is 4.23. The molecule has 0 saturated carbocycles. The summed E-state index contributed by atoms with van der Waals surface area (Å²) in [6.07, 6.45) is 2.92. The normalized spacial score (nSPS) is 14.1. The van der Waals surface area contributed by atoms with Gasteiger partial charge in [0, 0.05) is 12.4 Å². The number of hydrogen-bond acceptors (Lipinski definition) is 7. The van der Waals surface area contributed by atoms with Crippen LogP contribution in [0.2, 0.25) is 0 Å². The predicted octanol–water partition coefficient (Wildman–Crippen LogP) is 2.35. The maximum Gasteiger partial charge on any atom is 0.336 e. The number of rotatable bonds is 5. The Morgan fingerprint density at radius 2 is 1.72 bits per heavy atom. The van der Waals surface area contributed by atoms with Gasteiger partial charge in [0.1, 0.15) is 0 Å². The molecule has 8 heteroatoms. The van der Waals surface area contributed by atoms with Crippen molar-refractivity contribution < 1.29 is 28.9 Å². The molecule has 2 N–H and O–H groups in total. The molecule has 1 aromatic rings. The molecule has 0 unspecified atom stereocenters. The largest absolute Gasteiger partial charge is 0.503 e. The van der Waals surface area contributed by atoms with E-state index in [0.717, 1.165) is 0 Å². The zero-order valence-corrected chi connectivity index (χ0v) is 15.5. The highest BCUT2D eigenvalue weighted by Crippen LogP contribution is 2.42. The number of phenolic OH excluding ortho intramolecular Hbond substituents is 1. The molecule has 2 rings (SSSR count). The maximum atomic E-state index is 12.2. The number of dihydropyridines is 1. The van der Waals surface area contributed by atoms with E-state index in [9.17, 15) is 14.7 Å². The molecule has 0 aromatic heterocycles. The predicted molar refractivity (Wildman–Crippen MR) is 93.1 cm³/mol. The van der Waals surface area contributed by atoms with E-state index >= 15 is 0 Å². The Morgan fingerprint density at radius 1 is 1.16 bits per heavy atom. The molecule has 1 aromatic carbocycles. The van der Waals surface area contributed by atoms with Gasteiger partial charge in [-0.3, -0.25) is 0 Å². The zero-order valence-electron chi connectivity index (χ0n) is 14.0. The minimum Gasteiger partial charge on any atom is -0.503 e. The quantitative estimate of drug-likeness (QED) is 0.718. The van der Waals surface area contributed by atoms with Gasteiger partial charge in [0.15, 0.2) is 11.5 Å². The fourth-order valence-electron chi connectivity index (χ4n) is 2.53. The third-order valence-electron chi connectivity index (χ3n) is 3.63. The van der Waals surface area contributed by atoms with Gasteiger partial charge >= 0.3 is 11.9 Å². The van der Waals surface area contributed by atoms with Gasteiger partial charge in [-0.2, -0.15) is 0 Å². The first-order chi connectivity index (χ1) is 11.9. The van der Waals surface area contributed by atoms with Gasteiger partial charge in [-0.05, 0) is 40.5 Å². The number of carbonyl (C=O) groups is 2. The number of hydrogen-bond donors (Lipinski definition) is 2. The summed E-state index contributed by atoms with van der Waals surface area (Å²) in [6, 6.07) is 3.19. The van der Waals surface area contributed by atoms with E-state index in [1.54, 1.807) is 19.1 Å². The molecule has 1 heterocycles. The Morgan fingerprint density at radius 3 is 2.20 bits per heavy atom. The number of nitrogens with one attached hydrogen (secondary N) is 1. The van der Waals surface area contributed by atoms with Gasteiger partial charge in [0.25, 0.3) is 0 Å². The van der Waals surface area contributed by atoms with Gasteiger partial charge in [-0.15, -0.1) is 0 Å². The van der Waals surface area contributed by atoms with Gasteiger partial charge < -0.3 is 24.6 Å². The number of phenols is 1. The Labute approximate surface area is 153 Å². The first-order valence-electron chi connectivity index (χ1n) is 7.42. The van der Waals surface area contributed by atoms with Crippen LogP contribution in [0.1, 0.15) is 18.4 Å². The Balaban J connectivity index is 2.61. The summed E-state index contributed by atoms with van der Waals surface area (Å²) in [4.78, 5) is 24.3. The molecule has 0 radical (unpaired) electrons. The molecular formula is C17H18BrNO6. The number of methoxy groups -OCH3 is 2. The summed E-state index contributed by atoms with van der Waals surface area (Å²) in [6.45, 7) is 2.12. The van der Waals surface area contributed by atoms with Crippen LogP contribution in [0.5, 0.6) is 11.5 Å². The van der Waals surface area contributed by atoms with Crippen LogP contribution in [0.15, 0.2) is 40.2 Å². The summed E-state index contributed by atoms with van der Waals surface area (Å²) in [7, 11) is 2.52. The lowest BCUT2D eigenvalue weighted by Crippen LogP contribution is -2.26. The van der Waals surface area contributed by atoms with E-state index in [0.29, 0.717) is 16.6 Å². The molecule has 0 fully saturated rings. The summed E-state index contributed by atoms with van der Waals surface area (Å²) in [5.41, 5.74) is 1.01. The van der Waals surface area contributed by atoms with Gasteiger partial charge in [0.05, 0.1) is 42.4 Å². The lowest BCUT2D eigenvalue weighted by Gasteiger charge is -2.25. The first-order valence-corrected chi connectivity index (χ1v) is 8.21. The minimum absolute atomic E-state index is 0.0632. The molecule has 134 valence electrons. The van der Waals surface area contributed by atoms with Crippen molar-refractivity contribution in [3.63, 3.8) is 0 Å². The molecule has 0 bridgehead atoms. The Hall–Kier alpha value is -2.48. The lowest BCUT2D eigenvalue weighted by atomic mass is 9.83. The molecule has 0 atom stereocenters. The lowest BCUT2D eigenvalue weighted by molar-refractivity contribution is -0.137. The van der Waals surface area contributed by atoms with E-state index in [-0.39, 0.29) is 22.6 Å². The second-order valence-electron chi connectivity index (χ2n) is 5.06. The van der Waals surface area contributed by atoms with E-state index < -0.39 is 17.9 Å². The van der Waals surface area contributed by atoms with Crippen LogP contribution in [0.25, 0.3) is 0 Å². The molecule has 0 aliphatic carbocycles. The highest BCUT2D eigenvalue weighted by molar-refractivity contribution is 9.10. The number of esters is 2. The fraction of sp³-hybridized carbons (Fsp3) is 0.294. The van der Waals surface area contributed by atoms with Crippen molar-refractivity contribution in [1.29, 1.82) is 0 Å². The van der Waals surface area contributed by atoms with Crippen LogP contribution in [0.3, 0.4) is 0 Å². The number of carbonyl (C=O) groups excluding carboxylic acids is 2. The number of ether oxygens (including phenoxy) is 3. The SMILES string of the molecule is CCOc1cc(C2C(C(=O)OC)=CNC=C2C(=O)OC)cc(Br)c1O. The molecule has 1 aliphatic heterocycles. The first kappa shape index (κ1) is 18.9. The summed E-state index contributed by atoms with van der Waals surface area (Å²) >= 11 is 3.26. The highest BCUT2D eigenvalue weighted by Gasteiger charge is 2.34. The highest BCUT2D eigenvalue weighted by atomic mass is 79.9. The summed E-state index contributed by atoms with van der Waals surface area (Å²) < 4.78 is 15.4. The van der Waals surface area contributed by atoms with E-state index in [2.05, 4.69) is 21.2 Å². The molecule has 1 aliphatic rings. The van der Waals surface area contributed by atoms with Crippen molar-refractivity contribution >= 4 is 27.9 Å². The van der Waals surface area contributed by atoms with E-state index in [4.69, 9.17) is 14.2 Å². The Kier molecular flexibility index (Phi) is 6.08. The molecule has 0 saturated heterocycles. The third kappa shape index (κ3) is 3.79. The van der Waals surface area contributed by atoms with Gasteiger partial charge in [-0.1, -0.05) is 0 Å². The minimum atomic E-state index is -0.739. The van der Waals surface area contributed by atoms with E-state index in [1.165, 1.54) is 26.6 Å². The maximum absolute atomic E-state index is 12.2. The standard InChI is InChI=1S/C17H18BrNO6/c1-4-25-13-6-9(5-12(18)15(13)20)14-10(16(21)23-2)7-19-8-11(14)17(22)24-3/h5-8,14,19-20H,4H2,1-3H3. The summed E-state index contributed by atoms with van der Waals surface area (Å²) in [5, 5.41) is 12.9. The van der Waals surface area contributed by atoms with Crippen LogP contribution < -0.4 is 10.1 Å². The number of benzene rings is 1. The zero-order chi connectivity index (χ0) is 18.6. The van der Waals surface area contributed by atoms with Crippen LogP contribution >= 0.6 is 15.9 Å². The monoisotopic (exact) mass is 411 g/mol. The molecule has 0 amide bonds. The Bertz CT molecular complexity index is 724. The fourth-order valence-corrected chi connectivity index (χ4v) is 2.99. The van der Waals surface area contributed by atoms with Crippen molar-refractivity contribution in [3.05, 3.63) is 45.7 Å². The van der Waals surface area contributed by atoms with Crippen molar-refractivity contribution in [1.82, 2.24) is 5.32 Å². The van der Waals surface area contributed by atoms with Crippen LogP contribution in [-0.2, 0) is 19.1 Å². The van der Waals surface area contributed by atoms with Crippen LogP contribution in [0.4, 0.5) is 0 Å². The number of aromatic hydroxyl groups is 1. The van der Waals surface area contributed by atoms with Crippen molar-refractivity contribution in [2.75, 3.05) is 20.8 Å². The number of halogens is 1. The molecule has 0 spiro atoms. The molecule has 7 nitrogen and oxygen atoms in total. The van der Waals surface area contributed by atoms with Crippen molar-refractivity contribution in [3.8, 4) is 11.5 Å². The second-order valence-corrected chi connectivity index (χ2v) is 5.92. The van der Waals surface area contributed by atoms with Gasteiger partial charge in [0.2, 0.25) is 0 Å². The summed E-state index contributed by atoms with van der Waals surface area (Å²) in [5.74, 6) is -1.74. The van der Waals surface area contributed by atoms with Crippen LogP contribution in [-0.4, -0.2) is 37.9 Å².